The zero-order valence-corrected chi connectivity index (χ0v) is 24.0. The van der Waals surface area contributed by atoms with E-state index in [9.17, 15) is 19.2 Å². The second-order valence-corrected chi connectivity index (χ2v) is 10.3. The Bertz CT molecular complexity index is 1540. The third kappa shape index (κ3) is 5.50. The molecule has 0 spiro atoms. The molecule has 1 amide bonds. The summed E-state index contributed by atoms with van der Waals surface area (Å²) < 4.78 is 21.8. The van der Waals surface area contributed by atoms with Gasteiger partial charge in [-0.25, -0.2) is 4.39 Å². The second-order valence-electron chi connectivity index (χ2n) is 10.3. The van der Waals surface area contributed by atoms with E-state index in [2.05, 4.69) is 22.9 Å². The Morgan fingerprint density at radius 1 is 1.20 bits per heavy atom. The lowest BCUT2D eigenvalue weighted by molar-refractivity contribution is 0.0669. The van der Waals surface area contributed by atoms with E-state index in [1.807, 2.05) is 33.0 Å². The largest absolute Gasteiger partial charge is 0.492 e. The van der Waals surface area contributed by atoms with Gasteiger partial charge in [0.25, 0.3) is 11.5 Å². The van der Waals surface area contributed by atoms with Crippen molar-refractivity contribution in [3.8, 4) is 22.9 Å². The maximum Gasteiger partial charge on any atom is 0.286 e. The van der Waals surface area contributed by atoms with Crippen molar-refractivity contribution >= 4 is 5.91 Å². The number of carbonyl (C=O) groups is 1. The van der Waals surface area contributed by atoms with Gasteiger partial charge in [0.15, 0.2) is 5.82 Å². The molecule has 4 rings (SSSR count). The lowest BCUT2D eigenvalue weighted by Crippen LogP contribution is -2.40. The molecular formula is C31H36FN5O3. The van der Waals surface area contributed by atoms with Crippen LogP contribution in [0.4, 0.5) is 4.39 Å². The van der Waals surface area contributed by atoms with Crippen molar-refractivity contribution in [3.05, 3.63) is 80.3 Å². The van der Waals surface area contributed by atoms with Crippen LogP contribution in [0.3, 0.4) is 0 Å². The fourth-order valence-electron chi connectivity index (χ4n) is 5.17. The molecule has 1 aromatic carbocycles. The number of amides is 1. The number of hydrogen-bond acceptors (Lipinski definition) is 6. The average molecular weight is 546 g/mol. The number of halogens is 1. The summed E-state index contributed by atoms with van der Waals surface area (Å²) in [5.74, 6) is -0.462. The second kappa shape index (κ2) is 12.0. The van der Waals surface area contributed by atoms with E-state index in [0.717, 1.165) is 36.2 Å². The number of nitrogens with zero attached hydrogens (tertiary/aromatic N) is 5. The summed E-state index contributed by atoms with van der Waals surface area (Å²) in [4.78, 5) is 34.7. The molecule has 40 heavy (non-hydrogen) atoms. The normalized spacial score (nSPS) is 13.8. The number of aromatic nitrogens is 2. The first kappa shape index (κ1) is 29.0. The van der Waals surface area contributed by atoms with Gasteiger partial charge in [-0.2, -0.15) is 5.26 Å². The summed E-state index contributed by atoms with van der Waals surface area (Å²) in [6.07, 6.45) is 4.42. The van der Waals surface area contributed by atoms with Gasteiger partial charge in [0, 0.05) is 49.7 Å². The average Bonchev–Trinajstić information content (AvgIpc) is 2.96. The Balaban J connectivity index is 1.80. The van der Waals surface area contributed by atoms with Crippen LogP contribution in [0.5, 0.6) is 5.75 Å². The number of pyridine rings is 2. The molecule has 0 bridgehead atoms. The number of nitriles is 1. The van der Waals surface area contributed by atoms with Gasteiger partial charge >= 0.3 is 0 Å². The summed E-state index contributed by atoms with van der Waals surface area (Å²) in [5, 5.41) is 9.40. The van der Waals surface area contributed by atoms with Crippen LogP contribution < -0.4 is 10.3 Å². The number of aryl methyl sites for hydroxylation is 1. The highest BCUT2D eigenvalue weighted by Crippen LogP contribution is 2.36. The molecule has 1 unspecified atom stereocenters. The van der Waals surface area contributed by atoms with Gasteiger partial charge in [0.2, 0.25) is 0 Å². The minimum atomic E-state index is -0.778. The smallest absolute Gasteiger partial charge is 0.286 e. The monoisotopic (exact) mass is 545 g/mol. The topological polar surface area (TPSA) is 91.5 Å². The molecule has 2 aromatic heterocycles. The maximum atomic E-state index is 14.9. The summed E-state index contributed by atoms with van der Waals surface area (Å²) in [7, 11) is 3.58. The van der Waals surface area contributed by atoms with Crippen LogP contribution in [0, 0.1) is 24.1 Å². The van der Waals surface area contributed by atoms with Gasteiger partial charge in [0.05, 0.1) is 18.3 Å². The van der Waals surface area contributed by atoms with Gasteiger partial charge in [0.1, 0.15) is 17.4 Å². The molecule has 9 heteroatoms. The summed E-state index contributed by atoms with van der Waals surface area (Å²) in [6, 6.07) is 7.46. The maximum absolute atomic E-state index is 14.9. The minimum Gasteiger partial charge on any atom is -0.492 e. The lowest BCUT2D eigenvalue weighted by atomic mass is 9.86. The standard InChI is InChI=1S/C31H36FN5O3/c1-7-35(5)11-9-21-13-24(26-18-36(6)31(39)29(32)19(26)3)23-10-12-37(30(38)25(23)14-21)20(4)27-15-28(40-8-2)22(16-33)17-34-27/h13-15,17-18,20H,7-12H2,1-6H3. The van der Waals surface area contributed by atoms with Crippen molar-refractivity contribution in [2.24, 2.45) is 7.05 Å². The first-order chi connectivity index (χ1) is 19.1. The number of ether oxygens (including phenoxy) is 1. The molecule has 0 aliphatic carbocycles. The zero-order chi connectivity index (χ0) is 29.1. The molecule has 3 heterocycles. The molecule has 0 saturated heterocycles. The number of carbonyl (C=O) groups excluding carboxylic acids is 1. The van der Waals surface area contributed by atoms with Crippen LogP contribution in [-0.4, -0.2) is 58.5 Å². The molecule has 0 fully saturated rings. The Labute approximate surface area is 234 Å². The highest BCUT2D eigenvalue weighted by molar-refractivity contribution is 5.99. The molecule has 3 aromatic rings. The zero-order valence-electron chi connectivity index (χ0n) is 24.0. The van der Waals surface area contributed by atoms with E-state index in [1.165, 1.54) is 17.8 Å². The number of hydrogen-bond donors (Lipinski definition) is 0. The van der Waals surface area contributed by atoms with E-state index in [4.69, 9.17) is 4.74 Å². The highest BCUT2D eigenvalue weighted by atomic mass is 19.1. The van der Waals surface area contributed by atoms with Crippen LogP contribution in [0.2, 0.25) is 0 Å². The fraction of sp³-hybridized carbons (Fsp3) is 0.419. The fourth-order valence-corrected chi connectivity index (χ4v) is 5.17. The first-order valence-electron chi connectivity index (χ1n) is 13.6. The number of benzene rings is 1. The molecule has 0 saturated carbocycles. The third-order valence-corrected chi connectivity index (χ3v) is 7.78. The third-order valence-electron chi connectivity index (χ3n) is 7.78. The number of fused-ring (bicyclic) bond motifs is 1. The van der Waals surface area contributed by atoms with Crippen molar-refractivity contribution in [3.63, 3.8) is 0 Å². The predicted molar refractivity (Wildman–Crippen MR) is 152 cm³/mol. The number of rotatable bonds is 9. The molecule has 1 aliphatic heterocycles. The van der Waals surface area contributed by atoms with Crippen LogP contribution >= 0.6 is 0 Å². The Hall–Kier alpha value is -4.03. The SMILES string of the molecule is CCOc1cc(C(C)N2CCc3c(cc(CCN(C)CC)cc3-c3cn(C)c(=O)c(F)c3C)C2=O)ncc1C#N. The van der Waals surface area contributed by atoms with Crippen LogP contribution in [0.25, 0.3) is 11.1 Å². The van der Waals surface area contributed by atoms with Crippen LogP contribution in [-0.2, 0) is 19.9 Å². The van der Waals surface area contributed by atoms with Crippen molar-refractivity contribution in [2.45, 2.75) is 46.6 Å². The predicted octanol–water partition coefficient (Wildman–Crippen LogP) is 4.42. The Kier molecular flexibility index (Phi) is 8.70. The molecule has 8 nitrogen and oxygen atoms in total. The quantitative estimate of drug-likeness (QED) is 0.395. The molecule has 0 N–H and O–H groups in total. The van der Waals surface area contributed by atoms with E-state index in [0.29, 0.717) is 47.7 Å². The van der Waals surface area contributed by atoms with E-state index in [-0.39, 0.29) is 17.5 Å². The van der Waals surface area contributed by atoms with Crippen molar-refractivity contribution in [1.29, 1.82) is 5.26 Å². The molecule has 210 valence electrons. The van der Waals surface area contributed by atoms with E-state index >= 15 is 0 Å². The van der Waals surface area contributed by atoms with Crippen molar-refractivity contribution < 1.29 is 13.9 Å². The van der Waals surface area contributed by atoms with E-state index in [1.54, 1.807) is 24.1 Å². The summed E-state index contributed by atoms with van der Waals surface area (Å²) >= 11 is 0. The number of likely N-dealkylation sites (N-methyl/N-ethyl adjacent to an activating group) is 1. The van der Waals surface area contributed by atoms with Crippen LogP contribution in [0.1, 0.15) is 65.1 Å². The Morgan fingerprint density at radius 3 is 2.60 bits per heavy atom. The Morgan fingerprint density at radius 2 is 1.93 bits per heavy atom. The van der Waals surface area contributed by atoms with Gasteiger partial charge in [-0.1, -0.05) is 13.0 Å². The first-order valence-corrected chi connectivity index (χ1v) is 13.6. The van der Waals surface area contributed by atoms with Crippen molar-refractivity contribution in [1.82, 2.24) is 19.4 Å². The minimum absolute atomic E-state index is 0.132. The van der Waals surface area contributed by atoms with Gasteiger partial charge in [-0.05, 0) is 75.5 Å². The molecular weight excluding hydrogens is 509 g/mol. The van der Waals surface area contributed by atoms with Gasteiger partial charge in [-0.3, -0.25) is 14.6 Å². The molecule has 1 aliphatic rings. The highest BCUT2D eigenvalue weighted by Gasteiger charge is 2.32. The summed E-state index contributed by atoms with van der Waals surface area (Å²) in [5.41, 5.74) is 4.40. The molecule has 0 radical (unpaired) electrons. The van der Waals surface area contributed by atoms with Crippen LogP contribution in [0.15, 0.2) is 35.4 Å². The van der Waals surface area contributed by atoms with Crippen molar-refractivity contribution in [2.75, 3.05) is 33.3 Å². The van der Waals surface area contributed by atoms with Gasteiger partial charge < -0.3 is 19.1 Å². The molecule has 1 atom stereocenters. The van der Waals surface area contributed by atoms with E-state index < -0.39 is 11.4 Å². The summed E-state index contributed by atoms with van der Waals surface area (Å²) in [6.45, 7) is 10.0. The lowest BCUT2D eigenvalue weighted by Gasteiger charge is -2.35. The van der Waals surface area contributed by atoms with Gasteiger partial charge in [-0.15, -0.1) is 0 Å².